The summed E-state index contributed by atoms with van der Waals surface area (Å²) < 4.78 is 12.9. The minimum absolute atomic E-state index is 0.579. The Labute approximate surface area is 112 Å². The standard InChI is InChI=1S/C14H19N3O2/c1-4-17-14(13(15)10(3)16-17)19-12-8-6-11(7-9-12)18-5-2/h6-9H,4-5,15H2,1-3H3. The van der Waals surface area contributed by atoms with E-state index in [0.29, 0.717) is 30.5 Å². The van der Waals surface area contributed by atoms with Crippen LogP contribution in [0.3, 0.4) is 0 Å². The maximum Gasteiger partial charge on any atom is 0.241 e. The summed E-state index contributed by atoms with van der Waals surface area (Å²) in [5, 5.41) is 4.31. The fourth-order valence-corrected chi connectivity index (χ4v) is 1.78. The Morgan fingerprint density at radius 1 is 1.16 bits per heavy atom. The molecule has 0 spiro atoms. The van der Waals surface area contributed by atoms with Crippen molar-refractivity contribution in [3.05, 3.63) is 30.0 Å². The number of nitrogens with zero attached hydrogens (tertiary/aromatic N) is 2. The number of hydrogen-bond donors (Lipinski definition) is 1. The molecule has 0 atom stereocenters. The Hall–Kier alpha value is -2.17. The second-order valence-corrected chi connectivity index (χ2v) is 4.13. The van der Waals surface area contributed by atoms with Crippen LogP contribution in [-0.2, 0) is 6.54 Å². The van der Waals surface area contributed by atoms with Gasteiger partial charge in [0, 0.05) is 6.54 Å². The summed E-state index contributed by atoms with van der Waals surface area (Å²) in [4.78, 5) is 0. The number of anilines is 1. The molecule has 0 amide bonds. The first kappa shape index (κ1) is 13.3. The number of ether oxygens (including phenoxy) is 2. The highest BCUT2D eigenvalue weighted by Gasteiger charge is 2.13. The van der Waals surface area contributed by atoms with Crippen molar-refractivity contribution >= 4 is 5.69 Å². The zero-order valence-electron chi connectivity index (χ0n) is 11.5. The van der Waals surface area contributed by atoms with Crippen LogP contribution < -0.4 is 15.2 Å². The first-order valence-corrected chi connectivity index (χ1v) is 6.39. The van der Waals surface area contributed by atoms with E-state index in [2.05, 4.69) is 5.10 Å². The van der Waals surface area contributed by atoms with E-state index in [9.17, 15) is 0 Å². The van der Waals surface area contributed by atoms with Crippen LogP contribution in [0.4, 0.5) is 5.69 Å². The van der Waals surface area contributed by atoms with Crippen LogP contribution in [0.15, 0.2) is 24.3 Å². The van der Waals surface area contributed by atoms with Gasteiger partial charge in [0.15, 0.2) is 0 Å². The molecule has 0 radical (unpaired) electrons. The predicted octanol–water partition coefficient (Wildman–Crippen LogP) is 2.98. The van der Waals surface area contributed by atoms with Crippen molar-refractivity contribution < 1.29 is 9.47 Å². The first-order chi connectivity index (χ1) is 9.15. The van der Waals surface area contributed by atoms with E-state index in [4.69, 9.17) is 15.2 Å². The van der Waals surface area contributed by atoms with Gasteiger partial charge in [-0.2, -0.15) is 5.10 Å². The Morgan fingerprint density at radius 3 is 2.37 bits per heavy atom. The Kier molecular flexibility index (Phi) is 3.94. The lowest BCUT2D eigenvalue weighted by Crippen LogP contribution is -2.00. The highest BCUT2D eigenvalue weighted by atomic mass is 16.5. The van der Waals surface area contributed by atoms with Crippen molar-refractivity contribution in [1.82, 2.24) is 9.78 Å². The SMILES string of the molecule is CCOc1ccc(Oc2c(N)c(C)nn2CC)cc1. The average molecular weight is 261 g/mol. The van der Waals surface area contributed by atoms with Gasteiger partial charge in [0.1, 0.15) is 17.2 Å². The molecule has 1 aromatic carbocycles. The molecule has 0 aliphatic rings. The van der Waals surface area contributed by atoms with Gasteiger partial charge in [0.05, 0.1) is 12.3 Å². The van der Waals surface area contributed by atoms with Crippen molar-refractivity contribution in [2.45, 2.75) is 27.3 Å². The molecular formula is C14H19N3O2. The Bertz CT molecular complexity index is 547. The fraction of sp³-hybridized carbons (Fsp3) is 0.357. The quantitative estimate of drug-likeness (QED) is 0.898. The molecule has 0 saturated heterocycles. The first-order valence-electron chi connectivity index (χ1n) is 6.39. The van der Waals surface area contributed by atoms with Crippen LogP contribution in [0.1, 0.15) is 19.5 Å². The summed E-state index contributed by atoms with van der Waals surface area (Å²) in [6, 6.07) is 7.45. The molecule has 19 heavy (non-hydrogen) atoms. The lowest BCUT2D eigenvalue weighted by molar-refractivity contribution is 0.339. The van der Waals surface area contributed by atoms with E-state index in [1.54, 1.807) is 4.68 Å². The zero-order valence-corrected chi connectivity index (χ0v) is 11.5. The molecular weight excluding hydrogens is 242 g/mol. The third-order valence-corrected chi connectivity index (χ3v) is 2.77. The number of rotatable bonds is 5. The van der Waals surface area contributed by atoms with E-state index >= 15 is 0 Å². The molecule has 102 valence electrons. The maximum atomic E-state index is 5.97. The molecule has 1 aromatic heterocycles. The van der Waals surface area contributed by atoms with Gasteiger partial charge in [-0.15, -0.1) is 0 Å². The largest absolute Gasteiger partial charge is 0.494 e. The number of nitrogen functional groups attached to an aromatic ring is 1. The molecule has 2 N–H and O–H groups in total. The summed E-state index contributed by atoms with van der Waals surface area (Å²) >= 11 is 0. The zero-order chi connectivity index (χ0) is 13.8. The van der Waals surface area contributed by atoms with Crippen molar-refractivity contribution in [3.8, 4) is 17.4 Å². The third kappa shape index (κ3) is 2.81. The summed E-state index contributed by atoms with van der Waals surface area (Å²) in [7, 11) is 0. The van der Waals surface area contributed by atoms with Crippen LogP contribution in [0.5, 0.6) is 17.4 Å². The van der Waals surface area contributed by atoms with Crippen LogP contribution >= 0.6 is 0 Å². The topological polar surface area (TPSA) is 62.3 Å². The minimum Gasteiger partial charge on any atom is -0.494 e. The highest BCUT2D eigenvalue weighted by molar-refractivity contribution is 5.54. The van der Waals surface area contributed by atoms with Crippen LogP contribution in [-0.4, -0.2) is 16.4 Å². The molecule has 2 aromatic rings. The van der Waals surface area contributed by atoms with Crippen molar-refractivity contribution in [2.24, 2.45) is 0 Å². The summed E-state index contributed by atoms with van der Waals surface area (Å²) in [6.07, 6.45) is 0. The number of hydrogen-bond acceptors (Lipinski definition) is 4. The van der Waals surface area contributed by atoms with Gasteiger partial charge < -0.3 is 15.2 Å². The monoisotopic (exact) mass is 261 g/mol. The van der Waals surface area contributed by atoms with Crippen LogP contribution in [0.25, 0.3) is 0 Å². The summed E-state index contributed by atoms with van der Waals surface area (Å²) in [5.41, 5.74) is 7.33. The van der Waals surface area contributed by atoms with Crippen LogP contribution in [0.2, 0.25) is 0 Å². The van der Waals surface area contributed by atoms with Gasteiger partial charge in [-0.05, 0) is 45.0 Å². The van der Waals surface area contributed by atoms with Gasteiger partial charge in [-0.3, -0.25) is 0 Å². The van der Waals surface area contributed by atoms with Crippen molar-refractivity contribution in [1.29, 1.82) is 0 Å². The second kappa shape index (κ2) is 5.65. The van der Waals surface area contributed by atoms with E-state index < -0.39 is 0 Å². The van der Waals surface area contributed by atoms with E-state index in [-0.39, 0.29) is 0 Å². The molecule has 0 saturated carbocycles. The second-order valence-electron chi connectivity index (χ2n) is 4.13. The van der Waals surface area contributed by atoms with E-state index in [1.807, 2.05) is 45.0 Å². The highest BCUT2D eigenvalue weighted by Crippen LogP contribution is 2.30. The van der Waals surface area contributed by atoms with Crippen molar-refractivity contribution in [2.75, 3.05) is 12.3 Å². The Morgan fingerprint density at radius 2 is 1.79 bits per heavy atom. The predicted molar refractivity (Wildman–Crippen MR) is 74.7 cm³/mol. The van der Waals surface area contributed by atoms with E-state index in [0.717, 1.165) is 11.4 Å². The third-order valence-electron chi connectivity index (χ3n) is 2.77. The minimum atomic E-state index is 0.579. The smallest absolute Gasteiger partial charge is 0.241 e. The molecule has 0 unspecified atom stereocenters. The number of benzene rings is 1. The maximum absolute atomic E-state index is 5.97. The number of nitrogens with two attached hydrogens (primary N) is 1. The van der Waals surface area contributed by atoms with Gasteiger partial charge in [0.2, 0.25) is 5.88 Å². The molecule has 0 aliphatic heterocycles. The molecule has 5 nitrogen and oxygen atoms in total. The average Bonchev–Trinajstić information content (AvgIpc) is 2.69. The van der Waals surface area contributed by atoms with Gasteiger partial charge in [0.25, 0.3) is 0 Å². The van der Waals surface area contributed by atoms with Gasteiger partial charge in [-0.1, -0.05) is 0 Å². The lowest BCUT2D eigenvalue weighted by Gasteiger charge is -2.09. The van der Waals surface area contributed by atoms with E-state index in [1.165, 1.54) is 0 Å². The Balaban J connectivity index is 2.21. The fourth-order valence-electron chi connectivity index (χ4n) is 1.78. The number of aryl methyl sites for hydroxylation is 2. The lowest BCUT2D eigenvalue weighted by atomic mass is 10.3. The normalized spacial score (nSPS) is 10.5. The molecule has 5 heteroatoms. The number of aromatic nitrogens is 2. The van der Waals surface area contributed by atoms with Crippen molar-refractivity contribution in [3.63, 3.8) is 0 Å². The molecule has 2 rings (SSSR count). The summed E-state index contributed by atoms with van der Waals surface area (Å²) in [6.45, 7) is 7.18. The molecule has 0 fully saturated rings. The molecule has 1 heterocycles. The summed E-state index contributed by atoms with van der Waals surface area (Å²) in [5.74, 6) is 2.12. The molecule has 0 bridgehead atoms. The van der Waals surface area contributed by atoms with Gasteiger partial charge in [-0.25, -0.2) is 4.68 Å². The van der Waals surface area contributed by atoms with Crippen LogP contribution in [0, 0.1) is 6.92 Å². The van der Waals surface area contributed by atoms with Gasteiger partial charge >= 0.3 is 0 Å². The molecule has 0 aliphatic carbocycles.